The lowest BCUT2D eigenvalue weighted by Crippen LogP contribution is -2.13. The van der Waals surface area contributed by atoms with Crippen molar-refractivity contribution in [1.82, 2.24) is 4.98 Å². The zero-order chi connectivity index (χ0) is 25.9. The second kappa shape index (κ2) is 10.6. The number of fused-ring (bicyclic) bond motifs is 1. The number of hydrogen-bond donors (Lipinski definition) is 1. The highest BCUT2D eigenvalue weighted by molar-refractivity contribution is 9.10. The number of aromatic nitrogens is 1. The van der Waals surface area contributed by atoms with Gasteiger partial charge in [-0.2, -0.15) is 5.26 Å². The topological polar surface area (TPSA) is 109 Å². The van der Waals surface area contributed by atoms with Crippen LogP contribution in [0.3, 0.4) is 0 Å². The van der Waals surface area contributed by atoms with Gasteiger partial charge in [-0.3, -0.25) is 10.1 Å². The molecule has 0 aliphatic heterocycles. The summed E-state index contributed by atoms with van der Waals surface area (Å²) in [4.78, 5) is 17.1. The normalized spacial score (nSPS) is 11.8. The van der Waals surface area contributed by atoms with Crippen LogP contribution in [0.4, 0.5) is 9.52 Å². The van der Waals surface area contributed by atoms with E-state index in [9.17, 15) is 22.9 Å². The minimum absolute atomic E-state index is 0.141. The van der Waals surface area contributed by atoms with Crippen molar-refractivity contribution in [3.8, 4) is 11.8 Å². The van der Waals surface area contributed by atoms with Gasteiger partial charge >= 0.3 is 0 Å². The summed E-state index contributed by atoms with van der Waals surface area (Å²) in [7, 11) is -3.37. The molecule has 0 aliphatic rings. The number of sulfone groups is 1. The van der Waals surface area contributed by atoms with Crippen molar-refractivity contribution in [2.75, 3.05) is 11.6 Å². The number of thiazole rings is 1. The first-order valence-corrected chi connectivity index (χ1v) is 13.8. The molecule has 182 valence electrons. The van der Waals surface area contributed by atoms with Gasteiger partial charge in [-0.05, 0) is 75.6 Å². The van der Waals surface area contributed by atoms with Crippen LogP contribution in [0.2, 0.25) is 0 Å². The Morgan fingerprint density at radius 1 is 1.19 bits per heavy atom. The fourth-order valence-electron chi connectivity index (χ4n) is 3.13. The number of rotatable bonds is 7. The number of carbonyl (C=O) groups is 1. The fourth-order valence-corrected chi connectivity index (χ4v) is 5.27. The Morgan fingerprint density at radius 3 is 2.61 bits per heavy atom. The molecule has 4 rings (SSSR count). The molecule has 0 saturated carbocycles. The third-order valence-corrected chi connectivity index (χ3v) is 7.61. The fraction of sp³-hybridized carbons (Fsp3) is 0.0800. The number of nitrogens with zero attached hydrogens (tertiary/aromatic N) is 2. The predicted octanol–water partition coefficient (Wildman–Crippen LogP) is 5.73. The summed E-state index contributed by atoms with van der Waals surface area (Å²) in [6, 6.07) is 17.5. The summed E-state index contributed by atoms with van der Waals surface area (Å²) in [5.74, 6) is -0.423. The Morgan fingerprint density at radius 2 is 1.94 bits per heavy atom. The zero-order valence-corrected chi connectivity index (χ0v) is 21.9. The molecule has 0 saturated heterocycles. The van der Waals surface area contributed by atoms with Crippen LogP contribution in [-0.2, 0) is 21.2 Å². The van der Waals surface area contributed by atoms with Gasteiger partial charge in [0.15, 0.2) is 15.0 Å². The average molecular weight is 586 g/mol. The third kappa shape index (κ3) is 6.15. The maximum atomic E-state index is 13.0. The lowest BCUT2D eigenvalue weighted by molar-refractivity contribution is -0.112. The van der Waals surface area contributed by atoms with E-state index in [1.165, 1.54) is 30.3 Å². The van der Waals surface area contributed by atoms with Crippen molar-refractivity contribution in [1.29, 1.82) is 5.26 Å². The number of benzene rings is 3. The number of anilines is 1. The molecule has 3 aromatic carbocycles. The molecule has 0 aliphatic carbocycles. The zero-order valence-electron chi connectivity index (χ0n) is 18.7. The molecule has 0 atom stereocenters. The second-order valence-electron chi connectivity index (χ2n) is 7.65. The van der Waals surface area contributed by atoms with Crippen LogP contribution in [0, 0.1) is 17.1 Å². The largest absolute Gasteiger partial charge is 0.488 e. The van der Waals surface area contributed by atoms with Crippen molar-refractivity contribution in [3.63, 3.8) is 0 Å². The first-order chi connectivity index (χ1) is 17.1. The Kier molecular flexibility index (Phi) is 7.49. The minimum atomic E-state index is -3.37. The molecule has 4 aromatic rings. The highest BCUT2D eigenvalue weighted by Crippen LogP contribution is 2.30. The predicted molar refractivity (Wildman–Crippen MR) is 140 cm³/mol. The van der Waals surface area contributed by atoms with Gasteiger partial charge < -0.3 is 4.74 Å². The number of amides is 1. The minimum Gasteiger partial charge on any atom is -0.488 e. The van der Waals surface area contributed by atoms with Crippen LogP contribution in [-0.4, -0.2) is 25.6 Å². The number of hydrogen-bond acceptors (Lipinski definition) is 7. The summed E-state index contributed by atoms with van der Waals surface area (Å²) in [6.45, 7) is 0.244. The molecule has 7 nitrogen and oxygen atoms in total. The summed E-state index contributed by atoms with van der Waals surface area (Å²) in [5, 5.41) is 12.4. The molecular formula is C25H17BrFN3O4S2. The summed E-state index contributed by atoms with van der Waals surface area (Å²) < 4.78 is 43.5. The number of ether oxygens (including phenoxy) is 1. The van der Waals surface area contributed by atoms with Gasteiger partial charge in [0.1, 0.15) is 29.8 Å². The second-order valence-corrected chi connectivity index (χ2v) is 11.6. The van der Waals surface area contributed by atoms with Crippen LogP contribution < -0.4 is 10.1 Å². The Labute approximate surface area is 218 Å². The van der Waals surface area contributed by atoms with Crippen LogP contribution in [0.5, 0.6) is 5.75 Å². The molecule has 0 fully saturated rings. The number of nitrogens with one attached hydrogen (secondary N) is 1. The van der Waals surface area contributed by atoms with Gasteiger partial charge in [0.2, 0.25) is 0 Å². The first kappa shape index (κ1) is 25.5. The average Bonchev–Trinajstić information content (AvgIpc) is 3.24. The number of nitriles is 1. The molecule has 1 amide bonds. The lowest BCUT2D eigenvalue weighted by Gasteiger charge is -2.09. The summed E-state index contributed by atoms with van der Waals surface area (Å²) in [5.41, 5.74) is 1.78. The van der Waals surface area contributed by atoms with E-state index in [2.05, 4.69) is 26.2 Å². The monoisotopic (exact) mass is 585 g/mol. The Balaban J connectivity index is 1.47. The SMILES string of the molecule is CS(=O)(=O)c1ccc2nc(NC(=O)/C(C#N)=C/c3ccc(OCc4ccc(F)cc4)c(Br)c3)sc2c1. The third-order valence-electron chi connectivity index (χ3n) is 4.95. The highest BCUT2D eigenvalue weighted by atomic mass is 79.9. The molecule has 0 spiro atoms. The molecule has 0 bridgehead atoms. The van der Waals surface area contributed by atoms with Crippen molar-refractivity contribution in [2.24, 2.45) is 0 Å². The molecule has 0 radical (unpaired) electrons. The smallest absolute Gasteiger partial charge is 0.268 e. The maximum Gasteiger partial charge on any atom is 0.268 e. The van der Waals surface area contributed by atoms with E-state index in [0.717, 1.165) is 23.2 Å². The molecule has 0 unspecified atom stereocenters. The van der Waals surface area contributed by atoms with E-state index in [-0.39, 0.29) is 28.0 Å². The Hall–Kier alpha value is -3.59. The maximum absolute atomic E-state index is 13.0. The van der Waals surface area contributed by atoms with E-state index < -0.39 is 15.7 Å². The van der Waals surface area contributed by atoms with Gasteiger partial charge in [-0.25, -0.2) is 17.8 Å². The number of carbonyl (C=O) groups excluding carboxylic acids is 1. The molecule has 36 heavy (non-hydrogen) atoms. The van der Waals surface area contributed by atoms with E-state index in [1.54, 1.807) is 36.4 Å². The summed E-state index contributed by atoms with van der Waals surface area (Å²) in [6.07, 6.45) is 2.55. The van der Waals surface area contributed by atoms with E-state index >= 15 is 0 Å². The van der Waals surface area contributed by atoms with Crippen LogP contribution >= 0.6 is 27.3 Å². The van der Waals surface area contributed by atoms with Gasteiger partial charge in [0.05, 0.1) is 19.6 Å². The van der Waals surface area contributed by atoms with Crippen LogP contribution in [0.25, 0.3) is 16.3 Å². The number of halogens is 2. The lowest BCUT2D eigenvalue weighted by atomic mass is 10.1. The van der Waals surface area contributed by atoms with E-state index in [1.807, 2.05) is 6.07 Å². The van der Waals surface area contributed by atoms with Crippen molar-refractivity contribution in [2.45, 2.75) is 11.5 Å². The molecule has 1 aromatic heterocycles. The first-order valence-electron chi connectivity index (χ1n) is 10.3. The molecule has 1 N–H and O–H groups in total. The standard InChI is InChI=1S/C25H17BrFN3O4S2/c1-36(32,33)19-7-8-21-23(12-19)35-25(29-21)30-24(31)17(13-28)10-16-4-9-22(20(26)11-16)34-14-15-2-5-18(27)6-3-15/h2-12H,14H2,1H3,(H,29,30,31)/b17-10+. The van der Waals surface area contributed by atoms with E-state index in [0.29, 0.717) is 26.0 Å². The van der Waals surface area contributed by atoms with E-state index in [4.69, 9.17) is 4.74 Å². The van der Waals surface area contributed by atoms with Crippen molar-refractivity contribution < 1.29 is 22.3 Å². The van der Waals surface area contributed by atoms with Crippen molar-refractivity contribution >= 4 is 64.4 Å². The van der Waals surface area contributed by atoms with Gasteiger partial charge in [0, 0.05) is 6.26 Å². The molecular weight excluding hydrogens is 569 g/mol. The van der Waals surface area contributed by atoms with Gasteiger partial charge in [-0.15, -0.1) is 0 Å². The van der Waals surface area contributed by atoms with Crippen molar-refractivity contribution in [3.05, 3.63) is 87.7 Å². The van der Waals surface area contributed by atoms with Crippen LogP contribution in [0.1, 0.15) is 11.1 Å². The Bertz CT molecular complexity index is 1640. The molecule has 11 heteroatoms. The van der Waals surface area contributed by atoms with Gasteiger partial charge in [-0.1, -0.05) is 29.5 Å². The molecule has 1 heterocycles. The quantitative estimate of drug-likeness (QED) is 0.219. The van der Waals surface area contributed by atoms with Gasteiger partial charge in [0.25, 0.3) is 5.91 Å². The summed E-state index contributed by atoms with van der Waals surface area (Å²) >= 11 is 4.54. The van der Waals surface area contributed by atoms with Crippen LogP contribution in [0.15, 0.2) is 75.6 Å². The highest BCUT2D eigenvalue weighted by Gasteiger charge is 2.15.